The van der Waals surface area contributed by atoms with Crippen molar-refractivity contribution in [2.24, 2.45) is 4.99 Å². The molecule has 180 valence electrons. The molecule has 1 unspecified atom stereocenters. The molecule has 2 aliphatic heterocycles. The first-order valence-electron chi connectivity index (χ1n) is 11.0. The number of nitrogens with one attached hydrogen (secondary N) is 2. The van der Waals surface area contributed by atoms with E-state index in [4.69, 9.17) is 0 Å². The average molecular weight is 572 g/mol. The molecule has 1 aromatic heterocycles. The fraction of sp³-hybridized carbons (Fsp3) is 0.500. The van der Waals surface area contributed by atoms with E-state index >= 15 is 0 Å². The lowest BCUT2D eigenvalue weighted by molar-refractivity contribution is 0.260. The molecule has 2 N–H and O–H groups in total. The van der Waals surface area contributed by atoms with Crippen LogP contribution in [0.15, 0.2) is 41.7 Å². The molecule has 0 spiro atoms. The Morgan fingerprint density at radius 1 is 1.09 bits per heavy atom. The monoisotopic (exact) mass is 572 g/mol. The highest BCUT2D eigenvalue weighted by Crippen LogP contribution is 2.24. The van der Waals surface area contributed by atoms with Crippen molar-refractivity contribution < 1.29 is 8.78 Å². The van der Waals surface area contributed by atoms with Gasteiger partial charge in [0.1, 0.15) is 11.6 Å². The summed E-state index contributed by atoms with van der Waals surface area (Å²) in [5.74, 6) is 0.459. The molecule has 2 aromatic rings. The Morgan fingerprint density at radius 3 is 2.55 bits per heavy atom. The van der Waals surface area contributed by atoms with Gasteiger partial charge in [0.15, 0.2) is 5.96 Å². The molecule has 3 heterocycles. The maximum absolute atomic E-state index is 14.1. The van der Waals surface area contributed by atoms with Crippen LogP contribution in [0.25, 0.3) is 0 Å². The molecule has 0 bridgehead atoms. The molecule has 4 rings (SSSR count). The van der Waals surface area contributed by atoms with Crippen LogP contribution in [-0.4, -0.2) is 86.3 Å². The van der Waals surface area contributed by atoms with Gasteiger partial charge in [-0.1, -0.05) is 0 Å². The van der Waals surface area contributed by atoms with Gasteiger partial charge >= 0.3 is 0 Å². The average Bonchev–Trinajstić information content (AvgIpc) is 3.27. The molecule has 0 saturated carbocycles. The van der Waals surface area contributed by atoms with E-state index in [1.54, 1.807) is 19.4 Å². The minimum atomic E-state index is -0.556. The standard InChI is InChI=1S/C22H30F2N8.HI/c1-25-21(29-18-5-9-32(16-18)20-4-3-17(23)15-19(20)24)26-8-10-30-11-13-31(14-12-30)22-27-6-2-7-28-22;/h2-4,6-7,15,18H,5,8-14,16H2,1H3,(H2,25,26,29);1H. The quantitative estimate of drug-likeness (QED) is 0.312. The van der Waals surface area contributed by atoms with Crippen molar-refractivity contribution in [2.45, 2.75) is 12.5 Å². The first-order chi connectivity index (χ1) is 15.6. The molecule has 0 radical (unpaired) electrons. The summed E-state index contributed by atoms with van der Waals surface area (Å²) in [6, 6.07) is 5.72. The molecule has 2 saturated heterocycles. The Hall–Kier alpha value is -2.28. The molecule has 0 amide bonds. The zero-order valence-corrected chi connectivity index (χ0v) is 21.1. The number of aliphatic imine (C=N–C) groups is 1. The minimum Gasteiger partial charge on any atom is -0.367 e. The van der Waals surface area contributed by atoms with Crippen molar-refractivity contribution in [1.82, 2.24) is 25.5 Å². The number of halogens is 3. The van der Waals surface area contributed by atoms with Gasteiger partial charge in [0.25, 0.3) is 0 Å². The number of nitrogens with zero attached hydrogens (tertiary/aromatic N) is 6. The fourth-order valence-corrected chi connectivity index (χ4v) is 4.18. The molecule has 8 nitrogen and oxygen atoms in total. The minimum absolute atomic E-state index is 0. The van der Waals surface area contributed by atoms with Gasteiger partial charge < -0.3 is 20.4 Å². The first-order valence-corrected chi connectivity index (χ1v) is 11.0. The Balaban J connectivity index is 0.00000306. The molecule has 1 aromatic carbocycles. The maximum atomic E-state index is 14.1. The van der Waals surface area contributed by atoms with Crippen LogP contribution in [0.5, 0.6) is 0 Å². The maximum Gasteiger partial charge on any atom is 0.225 e. The van der Waals surface area contributed by atoms with Crippen molar-refractivity contribution in [3.05, 3.63) is 48.3 Å². The number of guanidine groups is 1. The predicted molar refractivity (Wildman–Crippen MR) is 138 cm³/mol. The second kappa shape index (κ2) is 12.3. The van der Waals surface area contributed by atoms with E-state index in [9.17, 15) is 8.78 Å². The summed E-state index contributed by atoms with van der Waals surface area (Å²) >= 11 is 0. The number of rotatable bonds is 6. The van der Waals surface area contributed by atoms with Gasteiger partial charge in [0.05, 0.1) is 5.69 Å². The van der Waals surface area contributed by atoms with Crippen LogP contribution < -0.4 is 20.4 Å². The summed E-state index contributed by atoms with van der Waals surface area (Å²) in [6.45, 7) is 6.81. The lowest BCUT2D eigenvalue weighted by Crippen LogP contribution is -2.50. The lowest BCUT2D eigenvalue weighted by atomic mass is 10.2. The van der Waals surface area contributed by atoms with Crippen molar-refractivity contribution >= 4 is 41.6 Å². The Bertz CT molecular complexity index is 909. The van der Waals surface area contributed by atoms with Crippen LogP contribution in [0.1, 0.15) is 6.42 Å². The van der Waals surface area contributed by atoms with Gasteiger partial charge in [-0.3, -0.25) is 9.89 Å². The molecule has 33 heavy (non-hydrogen) atoms. The first kappa shape index (κ1) is 25.3. The van der Waals surface area contributed by atoms with Crippen molar-refractivity contribution in [2.75, 3.05) is 69.2 Å². The molecule has 1 atom stereocenters. The third-order valence-electron chi connectivity index (χ3n) is 5.93. The predicted octanol–water partition coefficient (Wildman–Crippen LogP) is 1.94. The second-order valence-corrected chi connectivity index (χ2v) is 8.05. The highest BCUT2D eigenvalue weighted by molar-refractivity contribution is 14.0. The summed E-state index contributed by atoms with van der Waals surface area (Å²) in [4.78, 5) is 19.5. The van der Waals surface area contributed by atoms with Gasteiger partial charge in [-0.2, -0.15) is 0 Å². The summed E-state index contributed by atoms with van der Waals surface area (Å²) in [5, 5.41) is 6.80. The highest BCUT2D eigenvalue weighted by atomic mass is 127. The number of hydrogen-bond acceptors (Lipinski definition) is 6. The Kier molecular flexibility index (Phi) is 9.41. The van der Waals surface area contributed by atoms with E-state index in [1.165, 1.54) is 12.1 Å². The smallest absolute Gasteiger partial charge is 0.225 e. The lowest BCUT2D eigenvalue weighted by Gasteiger charge is -2.34. The SMILES string of the molecule is CN=C(NCCN1CCN(c2ncccn2)CC1)NC1CCN(c2ccc(F)cc2F)C1.I. The van der Waals surface area contributed by atoms with Crippen molar-refractivity contribution in [3.8, 4) is 0 Å². The van der Waals surface area contributed by atoms with Gasteiger partial charge in [0.2, 0.25) is 5.95 Å². The number of piperazine rings is 1. The number of anilines is 2. The molecule has 11 heteroatoms. The summed E-state index contributed by atoms with van der Waals surface area (Å²) < 4.78 is 27.2. The van der Waals surface area contributed by atoms with E-state index in [1.807, 2.05) is 11.0 Å². The third kappa shape index (κ3) is 6.85. The summed E-state index contributed by atoms with van der Waals surface area (Å²) in [7, 11) is 1.75. The van der Waals surface area contributed by atoms with Gasteiger partial charge in [0, 0.05) is 83.9 Å². The van der Waals surface area contributed by atoms with Gasteiger partial charge in [-0.25, -0.2) is 18.7 Å². The summed E-state index contributed by atoms with van der Waals surface area (Å²) in [5.41, 5.74) is 0.443. The van der Waals surface area contributed by atoms with Crippen LogP contribution in [0.2, 0.25) is 0 Å². The van der Waals surface area contributed by atoms with Crippen LogP contribution >= 0.6 is 24.0 Å². The number of benzene rings is 1. The Labute approximate surface area is 210 Å². The molecular formula is C22H31F2IN8. The molecule has 2 aliphatic rings. The fourth-order valence-electron chi connectivity index (χ4n) is 4.18. The van der Waals surface area contributed by atoms with Gasteiger partial charge in [-0.15, -0.1) is 24.0 Å². The third-order valence-corrected chi connectivity index (χ3v) is 5.93. The zero-order chi connectivity index (χ0) is 22.3. The highest BCUT2D eigenvalue weighted by Gasteiger charge is 2.25. The molecule has 0 aliphatic carbocycles. The van der Waals surface area contributed by atoms with Gasteiger partial charge in [-0.05, 0) is 24.6 Å². The topological polar surface area (TPSA) is 71.9 Å². The normalized spacial score (nSPS) is 19.4. The van der Waals surface area contributed by atoms with Crippen LogP contribution in [0.3, 0.4) is 0 Å². The summed E-state index contributed by atoms with van der Waals surface area (Å²) in [6.07, 6.45) is 4.41. The Morgan fingerprint density at radius 2 is 1.85 bits per heavy atom. The van der Waals surface area contributed by atoms with Crippen LogP contribution in [0.4, 0.5) is 20.4 Å². The van der Waals surface area contributed by atoms with Crippen molar-refractivity contribution in [1.29, 1.82) is 0 Å². The van der Waals surface area contributed by atoms with E-state index in [-0.39, 0.29) is 30.0 Å². The number of aromatic nitrogens is 2. The van der Waals surface area contributed by atoms with Crippen molar-refractivity contribution in [3.63, 3.8) is 0 Å². The van der Waals surface area contributed by atoms with E-state index in [2.05, 4.69) is 35.4 Å². The van der Waals surface area contributed by atoms with Crippen LogP contribution in [0, 0.1) is 11.6 Å². The molecular weight excluding hydrogens is 541 g/mol. The second-order valence-electron chi connectivity index (χ2n) is 8.05. The largest absolute Gasteiger partial charge is 0.367 e. The molecule has 2 fully saturated rings. The van der Waals surface area contributed by atoms with E-state index in [0.717, 1.165) is 63.7 Å². The number of hydrogen-bond donors (Lipinski definition) is 2. The van der Waals surface area contributed by atoms with E-state index < -0.39 is 11.6 Å². The zero-order valence-electron chi connectivity index (χ0n) is 18.8. The van der Waals surface area contributed by atoms with E-state index in [0.29, 0.717) is 18.8 Å². The van der Waals surface area contributed by atoms with Crippen LogP contribution in [-0.2, 0) is 0 Å².